The van der Waals surface area contributed by atoms with Gasteiger partial charge in [0.05, 0.1) is 18.2 Å². The van der Waals surface area contributed by atoms with E-state index in [1.54, 1.807) is 24.3 Å². The number of ketones is 1. The molecule has 0 bridgehead atoms. The van der Waals surface area contributed by atoms with Gasteiger partial charge in [-0.1, -0.05) is 42.5 Å². The number of rotatable bonds is 7. The van der Waals surface area contributed by atoms with Gasteiger partial charge in [0.25, 0.3) is 11.7 Å². The number of hydrogen-bond acceptors (Lipinski definition) is 5. The zero-order chi connectivity index (χ0) is 21.0. The minimum absolute atomic E-state index is 0.105. The van der Waals surface area contributed by atoms with Crippen molar-refractivity contribution in [2.24, 2.45) is 0 Å². The van der Waals surface area contributed by atoms with Crippen LogP contribution in [0, 0.1) is 0 Å². The highest BCUT2D eigenvalue weighted by Gasteiger charge is 2.45. The summed E-state index contributed by atoms with van der Waals surface area (Å²) in [6.45, 7) is 3.35. The molecule has 1 amide bonds. The number of aliphatic hydroxyl groups is 1. The smallest absolute Gasteiger partial charge is 0.295 e. The number of benzene rings is 2. The average molecular weight is 394 g/mol. The van der Waals surface area contributed by atoms with E-state index < -0.39 is 17.7 Å². The van der Waals surface area contributed by atoms with E-state index in [1.807, 2.05) is 56.3 Å². The molecule has 1 unspecified atom stereocenters. The fourth-order valence-corrected chi connectivity index (χ4v) is 3.46. The number of amides is 1. The SMILES string of the molecule is CCOc1cccc(/C(O)=C2\C(=O)C(=O)N(CCN(C)C)C2c2ccccc2)c1. The van der Waals surface area contributed by atoms with E-state index in [4.69, 9.17) is 4.74 Å². The zero-order valence-electron chi connectivity index (χ0n) is 17.0. The molecule has 6 heteroatoms. The van der Waals surface area contributed by atoms with Crippen LogP contribution in [0.2, 0.25) is 0 Å². The first-order valence-corrected chi connectivity index (χ1v) is 9.65. The number of carbonyl (C=O) groups is 2. The second kappa shape index (κ2) is 8.92. The molecule has 152 valence electrons. The summed E-state index contributed by atoms with van der Waals surface area (Å²) in [7, 11) is 3.82. The van der Waals surface area contributed by atoms with Gasteiger partial charge in [-0.15, -0.1) is 0 Å². The third kappa shape index (κ3) is 4.32. The summed E-state index contributed by atoms with van der Waals surface area (Å²) in [5.41, 5.74) is 1.34. The van der Waals surface area contributed by atoms with Crippen LogP contribution in [0.3, 0.4) is 0 Å². The summed E-state index contributed by atoms with van der Waals surface area (Å²) in [6.07, 6.45) is 0. The van der Waals surface area contributed by atoms with Crippen LogP contribution >= 0.6 is 0 Å². The van der Waals surface area contributed by atoms with Crippen molar-refractivity contribution >= 4 is 17.4 Å². The van der Waals surface area contributed by atoms with Crippen molar-refractivity contribution in [3.05, 3.63) is 71.3 Å². The molecule has 0 radical (unpaired) electrons. The number of hydrogen-bond donors (Lipinski definition) is 1. The lowest BCUT2D eigenvalue weighted by molar-refractivity contribution is -0.140. The van der Waals surface area contributed by atoms with Crippen LogP contribution in [0.4, 0.5) is 0 Å². The van der Waals surface area contributed by atoms with Crippen molar-refractivity contribution in [2.75, 3.05) is 33.8 Å². The summed E-state index contributed by atoms with van der Waals surface area (Å²) in [6, 6.07) is 15.6. The first-order valence-electron chi connectivity index (χ1n) is 9.65. The zero-order valence-corrected chi connectivity index (χ0v) is 17.0. The van der Waals surface area contributed by atoms with Gasteiger partial charge in [-0.2, -0.15) is 0 Å². The van der Waals surface area contributed by atoms with Gasteiger partial charge in [0, 0.05) is 18.7 Å². The Labute approximate surface area is 171 Å². The molecule has 0 aromatic heterocycles. The number of likely N-dealkylation sites (N-methyl/N-ethyl adjacent to an activating group) is 1. The highest BCUT2D eigenvalue weighted by molar-refractivity contribution is 6.46. The van der Waals surface area contributed by atoms with Crippen molar-refractivity contribution in [1.82, 2.24) is 9.80 Å². The molecule has 0 saturated carbocycles. The first-order chi connectivity index (χ1) is 13.9. The number of Topliss-reactive ketones (excluding diaryl/α,β-unsaturated/α-hetero) is 1. The Kier molecular flexibility index (Phi) is 6.34. The van der Waals surface area contributed by atoms with Crippen LogP contribution in [-0.2, 0) is 9.59 Å². The number of carbonyl (C=O) groups excluding carboxylic acids is 2. The molecule has 1 heterocycles. The van der Waals surface area contributed by atoms with Gasteiger partial charge in [-0.25, -0.2) is 0 Å². The Morgan fingerprint density at radius 1 is 1.10 bits per heavy atom. The Balaban J connectivity index is 2.11. The number of ether oxygens (including phenoxy) is 1. The van der Waals surface area contributed by atoms with E-state index in [0.29, 0.717) is 31.0 Å². The Morgan fingerprint density at radius 3 is 2.48 bits per heavy atom. The van der Waals surface area contributed by atoms with Crippen LogP contribution in [0.25, 0.3) is 5.76 Å². The maximum Gasteiger partial charge on any atom is 0.295 e. The highest BCUT2D eigenvalue weighted by Crippen LogP contribution is 2.39. The molecule has 2 aromatic rings. The molecule has 0 spiro atoms. The maximum absolute atomic E-state index is 12.9. The van der Waals surface area contributed by atoms with Crippen LogP contribution in [-0.4, -0.2) is 60.4 Å². The molecule has 1 aliphatic rings. The highest BCUT2D eigenvalue weighted by atomic mass is 16.5. The van der Waals surface area contributed by atoms with Gasteiger partial charge in [0.15, 0.2) is 0 Å². The Hall–Kier alpha value is -3.12. The molecular weight excluding hydrogens is 368 g/mol. The molecule has 2 aromatic carbocycles. The molecule has 1 saturated heterocycles. The minimum atomic E-state index is -0.670. The molecule has 1 fully saturated rings. The van der Waals surface area contributed by atoms with Crippen molar-refractivity contribution in [1.29, 1.82) is 0 Å². The number of likely N-dealkylation sites (tertiary alicyclic amines) is 1. The minimum Gasteiger partial charge on any atom is -0.507 e. The number of aliphatic hydroxyl groups excluding tert-OH is 1. The lowest BCUT2D eigenvalue weighted by Crippen LogP contribution is -2.35. The summed E-state index contributed by atoms with van der Waals surface area (Å²) >= 11 is 0. The standard InChI is InChI=1S/C23H26N2O4/c1-4-29-18-12-8-11-17(15-18)21(26)19-20(16-9-6-5-7-10-16)25(14-13-24(2)3)23(28)22(19)27/h5-12,15,20,26H,4,13-14H2,1-3H3/b21-19+. The second-order valence-electron chi connectivity index (χ2n) is 7.17. The summed E-state index contributed by atoms with van der Waals surface area (Å²) in [5, 5.41) is 11.0. The molecule has 0 aliphatic carbocycles. The third-order valence-corrected chi connectivity index (χ3v) is 4.86. The van der Waals surface area contributed by atoms with Crippen molar-refractivity contribution < 1.29 is 19.4 Å². The largest absolute Gasteiger partial charge is 0.507 e. The van der Waals surface area contributed by atoms with E-state index in [9.17, 15) is 14.7 Å². The summed E-state index contributed by atoms with van der Waals surface area (Å²) in [4.78, 5) is 29.2. The predicted octanol–water partition coefficient (Wildman–Crippen LogP) is 3.07. The van der Waals surface area contributed by atoms with Crippen LogP contribution in [0.5, 0.6) is 5.75 Å². The molecule has 3 rings (SSSR count). The maximum atomic E-state index is 12.9. The Bertz CT molecular complexity index is 921. The molecule has 1 N–H and O–H groups in total. The van der Waals surface area contributed by atoms with Crippen molar-refractivity contribution in [2.45, 2.75) is 13.0 Å². The van der Waals surface area contributed by atoms with Gasteiger partial charge < -0.3 is 19.6 Å². The quantitative estimate of drug-likeness (QED) is 0.444. The monoisotopic (exact) mass is 394 g/mol. The normalized spacial score (nSPS) is 18.5. The van der Waals surface area contributed by atoms with Crippen LogP contribution < -0.4 is 4.74 Å². The summed E-state index contributed by atoms with van der Waals surface area (Å²) < 4.78 is 5.50. The van der Waals surface area contributed by atoms with Crippen molar-refractivity contribution in [3.63, 3.8) is 0 Å². The van der Waals surface area contributed by atoms with E-state index in [2.05, 4.69) is 0 Å². The number of nitrogens with zero attached hydrogens (tertiary/aromatic N) is 2. The lowest BCUT2D eigenvalue weighted by atomic mass is 9.95. The Morgan fingerprint density at radius 2 is 1.83 bits per heavy atom. The van der Waals surface area contributed by atoms with E-state index in [1.165, 1.54) is 4.90 Å². The molecular formula is C23H26N2O4. The molecule has 1 aliphatic heterocycles. The van der Waals surface area contributed by atoms with Crippen molar-refractivity contribution in [3.8, 4) is 5.75 Å². The van der Waals surface area contributed by atoms with E-state index >= 15 is 0 Å². The molecule has 1 atom stereocenters. The van der Waals surface area contributed by atoms with Crippen LogP contribution in [0.1, 0.15) is 24.1 Å². The fourth-order valence-electron chi connectivity index (χ4n) is 3.46. The van der Waals surface area contributed by atoms with Gasteiger partial charge in [-0.05, 0) is 38.7 Å². The van der Waals surface area contributed by atoms with Gasteiger partial charge in [0.1, 0.15) is 11.5 Å². The lowest BCUT2D eigenvalue weighted by Gasteiger charge is -2.26. The summed E-state index contributed by atoms with van der Waals surface area (Å²) in [5.74, 6) is -0.860. The molecule has 29 heavy (non-hydrogen) atoms. The van der Waals surface area contributed by atoms with Gasteiger partial charge in [0.2, 0.25) is 0 Å². The molecule has 6 nitrogen and oxygen atoms in total. The first kappa shape index (κ1) is 20.6. The second-order valence-corrected chi connectivity index (χ2v) is 7.17. The average Bonchev–Trinajstić information content (AvgIpc) is 2.97. The van der Waals surface area contributed by atoms with Gasteiger partial charge in [-0.3, -0.25) is 9.59 Å². The van der Waals surface area contributed by atoms with Crippen LogP contribution in [0.15, 0.2) is 60.2 Å². The van der Waals surface area contributed by atoms with Gasteiger partial charge >= 0.3 is 0 Å². The topological polar surface area (TPSA) is 70.1 Å². The van der Waals surface area contributed by atoms with E-state index in [-0.39, 0.29) is 11.3 Å². The third-order valence-electron chi connectivity index (χ3n) is 4.86. The van der Waals surface area contributed by atoms with E-state index in [0.717, 1.165) is 5.56 Å². The predicted molar refractivity (Wildman–Crippen MR) is 112 cm³/mol. The fraction of sp³-hybridized carbons (Fsp3) is 0.304.